The molecule has 0 aliphatic rings. The molecule has 1 aromatic carbocycles. The Bertz CT molecular complexity index is 1240. The van der Waals surface area contributed by atoms with Crippen LogP contribution in [0.4, 0.5) is 16.0 Å². The molecule has 8 nitrogen and oxygen atoms in total. The topological polar surface area (TPSA) is 126 Å². The number of anilines is 2. The van der Waals surface area contributed by atoms with Crippen LogP contribution in [0.3, 0.4) is 0 Å². The molecule has 4 rings (SSSR count). The van der Waals surface area contributed by atoms with E-state index in [1.807, 2.05) is 13.0 Å². The van der Waals surface area contributed by atoms with E-state index >= 15 is 0 Å². The lowest BCUT2D eigenvalue weighted by Gasteiger charge is -2.20. The van der Waals surface area contributed by atoms with E-state index in [1.165, 1.54) is 18.5 Å². The molecule has 4 aromatic rings. The Hall–Kier alpha value is -4.19. The lowest BCUT2D eigenvalue weighted by atomic mass is 9.96. The van der Waals surface area contributed by atoms with Crippen molar-refractivity contribution in [2.45, 2.75) is 13.0 Å². The molecule has 29 heavy (non-hydrogen) atoms. The van der Waals surface area contributed by atoms with Gasteiger partial charge in [-0.2, -0.15) is 5.26 Å². The van der Waals surface area contributed by atoms with Crippen molar-refractivity contribution >= 4 is 22.5 Å². The third-order valence-electron chi connectivity index (χ3n) is 4.49. The molecule has 0 aliphatic carbocycles. The first-order valence-electron chi connectivity index (χ1n) is 8.70. The monoisotopic (exact) mass is 386 g/mol. The van der Waals surface area contributed by atoms with Crippen molar-refractivity contribution in [3.8, 4) is 17.3 Å². The molecule has 0 bridgehead atoms. The molecule has 0 saturated heterocycles. The van der Waals surface area contributed by atoms with E-state index in [9.17, 15) is 9.65 Å². The summed E-state index contributed by atoms with van der Waals surface area (Å²) in [6, 6.07) is 6.11. The van der Waals surface area contributed by atoms with E-state index in [-0.39, 0.29) is 23.2 Å². The molecule has 0 aliphatic heterocycles. The van der Waals surface area contributed by atoms with Gasteiger partial charge in [-0.1, -0.05) is 0 Å². The average Bonchev–Trinajstić information content (AvgIpc) is 2.73. The Morgan fingerprint density at radius 2 is 2.00 bits per heavy atom. The summed E-state index contributed by atoms with van der Waals surface area (Å²) >= 11 is 0. The van der Waals surface area contributed by atoms with E-state index < -0.39 is 0 Å². The quantitative estimate of drug-likeness (QED) is 0.547. The Balaban J connectivity index is 1.87. The van der Waals surface area contributed by atoms with E-state index in [2.05, 4.69) is 30.2 Å². The lowest BCUT2D eigenvalue weighted by molar-refractivity contribution is 0.629. The van der Waals surface area contributed by atoms with Gasteiger partial charge in [0, 0.05) is 41.2 Å². The molecule has 0 radical (unpaired) electrons. The van der Waals surface area contributed by atoms with E-state index in [1.54, 1.807) is 30.9 Å². The number of nitrogens with one attached hydrogen (secondary N) is 1. The van der Waals surface area contributed by atoms with Crippen LogP contribution in [0.25, 0.3) is 22.2 Å². The largest absolute Gasteiger partial charge is 0.382 e. The summed E-state index contributed by atoms with van der Waals surface area (Å²) in [6.07, 6.45) is 7.75. The number of pyridine rings is 1. The number of hydrogen-bond donors (Lipinski definition) is 2. The van der Waals surface area contributed by atoms with Gasteiger partial charge >= 0.3 is 0 Å². The summed E-state index contributed by atoms with van der Waals surface area (Å²) in [5, 5.41) is 13.3. The van der Waals surface area contributed by atoms with Gasteiger partial charge in [0.05, 0.1) is 23.4 Å². The molecule has 0 spiro atoms. The first kappa shape index (κ1) is 18.2. The molecule has 0 fully saturated rings. The van der Waals surface area contributed by atoms with Crippen LogP contribution in [0.1, 0.15) is 24.1 Å². The van der Waals surface area contributed by atoms with Gasteiger partial charge in [-0.15, -0.1) is 0 Å². The summed E-state index contributed by atoms with van der Waals surface area (Å²) in [6.45, 7) is 1.89. The number of rotatable bonds is 4. The minimum absolute atomic E-state index is 0.0958. The Kier molecular flexibility index (Phi) is 4.66. The molecule has 142 valence electrons. The zero-order valence-corrected chi connectivity index (χ0v) is 15.3. The van der Waals surface area contributed by atoms with Crippen LogP contribution in [0.2, 0.25) is 0 Å². The first-order chi connectivity index (χ1) is 14.1. The number of nitrogen functional groups attached to an aromatic ring is 1. The SMILES string of the molecule is CC(Nc1ncnc(N)c1C#N)c1cnc2cc(F)ccc2c1-c1cnccn1. The maximum Gasteiger partial charge on any atom is 0.150 e. The second-order valence-corrected chi connectivity index (χ2v) is 6.30. The number of hydrogen-bond acceptors (Lipinski definition) is 8. The van der Waals surface area contributed by atoms with Gasteiger partial charge in [-0.3, -0.25) is 15.0 Å². The van der Waals surface area contributed by atoms with Crippen LogP contribution in [0.5, 0.6) is 0 Å². The number of fused-ring (bicyclic) bond motifs is 1. The number of nitrogens with zero attached hydrogens (tertiary/aromatic N) is 6. The van der Waals surface area contributed by atoms with Gasteiger partial charge in [0.15, 0.2) is 0 Å². The molecule has 3 heterocycles. The van der Waals surface area contributed by atoms with Crippen LogP contribution >= 0.6 is 0 Å². The molecule has 9 heteroatoms. The van der Waals surface area contributed by atoms with Crippen molar-refractivity contribution in [2.75, 3.05) is 11.1 Å². The van der Waals surface area contributed by atoms with E-state index in [0.717, 1.165) is 16.5 Å². The molecule has 0 saturated carbocycles. The van der Waals surface area contributed by atoms with Gasteiger partial charge in [0.1, 0.15) is 35.4 Å². The van der Waals surface area contributed by atoms with Gasteiger partial charge < -0.3 is 11.1 Å². The van der Waals surface area contributed by atoms with Crippen molar-refractivity contribution in [3.63, 3.8) is 0 Å². The third kappa shape index (κ3) is 3.39. The fraction of sp³-hybridized carbons (Fsp3) is 0.100. The molecular formula is C20H15FN8. The third-order valence-corrected chi connectivity index (χ3v) is 4.49. The Morgan fingerprint density at radius 3 is 2.76 bits per heavy atom. The standard InChI is InChI=1S/C20H15FN8/c1-11(29-20-14(7-22)19(23)27-10-28-20)15-8-26-16-6-12(21)2-3-13(16)18(15)17-9-24-4-5-25-17/h2-6,8-11H,1H3,(H3,23,27,28,29). The molecule has 3 N–H and O–H groups in total. The maximum absolute atomic E-state index is 13.7. The summed E-state index contributed by atoms with van der Waals surface area (Å²) in [7, 11) is 0. The lowest BCUT2D eigenvalue weighted by Crippen LogP contribution is -2.13. The van der Waals surface area contributed by atoms with Gasteiger partial charge in [0.25, 0.3) is 0 Å². The Morgan fingerprint density at radius 1 is 1.14 bits per heavy atom. The molecule has 1 unspecified atom stereocenters. The van der Waals surface area contributed by atoms with Crippen LogP contribution in [0, 0.1) is 17.1 Å². The van der Waals surface area contributed by atoms with Gasteiger partial charge in [-0.05, 0) is 19.1 Å². The number of nitrogens with two attached hydrogens (primary N) is 1. The second-order valence-electron chi connectivity index (χ2n) is 6.30. The van der Waals surface area contributed by atoms with Gasteiger partial charge in [0.2, 0.25) is 0 Å². The summed E-state index contributed by atoms with van der Waals surface area (Å²) in [4.78, 5) is 20.9. The van der Waals surface area contributed by atoms with Crippen molar-refractivity contribution in [1.82, 2.24) is 24.9 Å². The predicted molar refractivity (Wildman–Crippen MR) is 106 cm³/mol. The molecule has 1 atom stereocenters. The summed E-state index contributed by atoms with van der Waals surface area (Å²) < 4.78 is 13.7. The van der Waals surface area contributed by atoms with Gasteiger partial charge in [-0.25, -0.2) is 14.4 Å². The highest BCUT2D eigenvalue weighted by atomic mass is 19.1. The van der Waals surface area contributed by atoms with Crippen LogP contribution in [-0.2, 0) is 0 Å². The number of benzene rings is 1. The first-order valence-corrected chi connectivity index (χ1v) is 8.70. The van der Waals surface area contributed by atoms with Crippen LogP contribution in [-0.4, -0.2) is 24.9 Å². The second kappa shape index (κ2) is 7.44. The number of aromatic nitrogens is 5. The van der Waals surface area contributed by atoms with Crippen LogP contribution < -0.4 is 11.1 Å². The smallest absolute Gasteiger partial charge is 0.150 e. The number of nitriles is 1. The fourth-order valence-corrected chi connectivity index (χ4v) is 3.13. The van der Waals surface area contributed by atoms with E-state index in [0.29, 0.717) is 17.0 Å². The average molecular weight is 386 g/mol. The predicted octanol–water partition coefficient (Wildman–Crippen LogP) is 3.25. The van der Waals surface area contributed by atoms with Crippen LogP contribution in [0.15, 0.2) is 49.3 Å². The zero-order valence-electron chi connectivity index (χ0n) is 15.3. The molecular weight excluding hydrogens is 371 g/mol. The highest BCUT2D eigenvalue weighted by molar-refractivity contribution is 5.95. The maximum atomic E-state index is 13.7. The zero-order chi connectivity index (χ0) is 20.4. The normalized spacial score (nSPS) is 11.8. The minimum atomic E-state index is -0.371. The van der Waals surface area contributed by atoms with Crippen molar-refractivity contribution in [2.24, 2.45) is 0 Å². The number of halogens is 1. The summed E-state index contributed by atoms with van der Waals surface area (Å²) in [5.74, 6) is 0.0411. The molecule has 3 aromatic heterocycles. The Labute approximate surface area is 165 Å². The highest BCUT2D eigenvalue weighted by Crippen LogP contribution is 2.34. The van der Waals surface area contributed by atoms with Crippen molar-refractivity contribution < 1.29 is 4.39 Å². The molecule has 0 amide bonds. The minimum Gasteiger partial charge on any atom is -0.382 e. The van der Waals surface area contributed by atoms with Crippen molar-refractivity contribution in [3.05, 3.63) is 66.3 Å². The highest BCUT2D eigenvalue weighted by Gasteiger charge is 2.19. The summed E-state index contributed by atoms with van der Waals surface area (Å²) in [5.41, 5.74) is 8.62. The van der Waals surface area contributed by atoms with E-state index in [4.69, 9.17) is 5.73 Å². The van der Waals surface area contributed by atoms with Crippen molar-refractivity contribution in [1.29, 1.82) is 5.26 Å². The fourth-order valence-electron chi connectivity index (χ4n) is 3.13.